The van der Waals surface area contributed by atoms with Crippen molar-refractivity contribution in [1.29, 1.82) is 0 Å². The number of alkyl halides is 3. The second-order valence-corrected chi connectivity index (χ2v) is 13.5. The lowest BCUT2D eigenvalue weighted by Crippen LogP contribution is -2.49. The van der Waals surface area contributed by atoms with E-state index >= 15 is 0 Å². The zero-order chi connectivity index (χ0) is 33.0. The Kier molecular flexibility index (Phi) is 10.6. The molecule has 4 N–H and O–H groups in total. The maximum atomic E-state index is 12.4. The Morgan fingerprint density at radius 3 is 2.39 bits per heavy atom. The van der Waals surface area contributed by atoms with Crippen molar-refractivity contribution in [2.24, 2.45) is 12.8 Å². The highest BCUT2D eigenvalue weighted by molar-refractivity contribution is 8.00. The SMILES string of the molecule is Cn1nc(N2CCC(=O)NC2=O)c2ccc(C3CCN(Cc4cccc(SC5CCC(N)CC5)c4)CC3)cc21.O=C(O)C(F)(F)F. The minimum Gasteiger partial charge on any atom is -0.475 e. The number of fused-ring (bicyclic) bond motifs is 1. The number of halogens is 3. The fourth-order valence-electron chi connectivity index (χ4n) is 6.27. The number of carboxylic acid groups (broad SMARTS) is 1. The number of hydrogen-bond donors (Lipinski definition) is 3. The van der Waals surface area contributed by atoms with E-state index in [0.29, 0.717) is 36.0 Å². The number of likely N-dealkylation sites (tertiary alicyclic amines) is 1. The number of carbonyl (C=O) groups is 3. The first-order chi connectivity index (χ1) is 21.9. The first-order valence-electron chi connectivity index (χ1n) is 15.5. The van der Waals surface area contributed by atoms with Gasteiger partial charge in [-0.05, 0) is 92.9 Å². The number of aryl methyl sites for hydroxylation is 1. The lowest BCUT2D eigenvalue weighted by atomic mass is 9.89. The molecule has 14 heteroatoms. The van der Waals surface area contributed by atoms with Gasteiger partial charge in [-0.15, -0.1) is 11.8 Å². The van der Waals surface area contributed by atoms with Crippen LogP contribution in [0, 0.1) is 0 Å². The van der Waals surface area contributed by atoms with E-state index in [0.717, 1.165) is 56.2 Å². The predicted molar refractivity (Wildman–Crippen MR) is 170 cm³/mol. The van der Waals surface area contributed by atoms with Crippen molar-refractivity contribution in [3.63, 3.8) is 0 Å². The maximum Gasteiger partial charge on any atom is 0.490 e. The number of nitrogens with two attached hydrogens (primary N) is 1. The summed E-state index contributed by atoms with van der Waals surface area (Å²) in [5, 5.41) is 15.8. The van der Waals surface area contributed by atoms with Gasteiger partial charge in [-0.1, -0.05) is 18.2 Å². The molecule has 248 valence electrons. The van der Waals surface area contributed by atoms with Gasteiger partial charge in [0.15, 0.2) is 5.82 Å². The van der Waals surface area contributed by atoms with Crippen LogP contribution in [-0.2, 0) is 23.2 Å². The van der Waals surface area contributed by atoms with E-state index in [-0.39, 0.29) is 5.91 Å². The zero-order valence-electron chi connectivity index (χ0n) is 25.6. The number of amides is 3. The van der Waals surface area contributed by atoms with Crippen LogP contribution < -0.4 is 16.0 Å². The van der Waals surface area contributed by atoms with Gasteiger partial charge in [0.2, 0.25) is 5.91 Å². The molecule has 0 atom stereocenters. The zero-order valence-corrected chi connectivity index (χ0v) is 26.4. The molecule has 46 heavy (non-hydrogen) atoms. The summed E-state index contributed by atoms with van der Waals surface area (Å²) in [4.78, 5) is 38.4. The Balaban J connectivity index is 0.000000537. The number of nitrogens with zero attached hydrogens (tertiary/aromatic N) is 4. The molecule has 0 spiro atoms. The van der Waals surface area contributed by atoms with E-state index in [2.05, 4.69) is 57.8 Å². The molecule has 3 heterocycles. The number of nitrogens with one attached hydrogen (secondary N) is 1. The van der Waals surface area contributed by atoms with Crippen molar-refractivity contribution < 1.29 is 32.7 Å². The molecule has 1 aliphatic carbocycles. The number of rotatable bonds is 6. The van der Waals surface area contributed by atoms with Crippen molar-refractivity contribution in [3.8, 4) is 0 Å². The number of carbonyl (C=O) groups excluding carboxylic acids is 2. The van der Waals surface area contributed by atoms with Gasteiger partial charge in [-0.3, -0.25) is 24.6 Å². The summed E-state index contributed by atoms with van der Waals surface area (Å²) in [6.45, 7) is 3.52. The van der Waals surface area contributed by atoms with Crippen LogP contribution in [0.1, 0.15) is 62.0 Å². The molecule has 6 rings (SSSR count). The van der Waals surface area contributed by atoms with E-state index in [1.54, 1.807) is 4.90 Å². The lowest BCUT2D eigenvalue weighted by molar-refractivity contribution is -0.192. The monoisotopic (exact) mass is 660 g/mol. The summed E-state index contributed by atoms with van der Waals surface area (Å²) in [6.07, 6.45) is 2.22. The summed E-state index contributed by atoms with van der Waals surface area (Å²) in [5.41, 5.74) is 9.84. The maximum absolute atomic E-state index is 12.4. The number of hydrogen-bond acceptors (Lipinski definition) is 7. The molecule has 3 fully saturated rings. The number of urea groups is 1. The van der Waals surface area contributed by atoms with Gasteiger partial charge in [0.05, 0.1) is 5.52 Å². The fourth-order valence-corrected chi connectivity index (χ4v) is 7.54. The number of benzene rings is 2. The Morgan fingerprint density at radius 2 is 1.74 bits per heavy atom. The molecule has 1 saturated carbocycles. The summed E-state index contributed by atoms with van der Waals surface area (Å²) >= 11 is 2.03. The third kappa shape index (κ3) is 8.39. The number of anilines is 1. The molecular formula is C32H39F3N6O4S. The number of aliphatic carboxylic acids is 1. The molecule has 3 aromatic rings. The van der Waals surface area contributed by atoms with E-state index in [1.807, 2.05) is 23.5 Å². The molecule has 0 radical (unpaired) electrons. The number of aromatic nitrogens is 2. The molecule has 10 nitrogen and oxygen atoms in total. The number of piperidine rings is 1. The van der Waals surface area contributed by atoms with Crippen molar-refractivity contribution >= 4 is 46.4 Å². The minimum absolute atomic E-state index is 0.234. The highest BCUT2D eigenvalue weighted by Crippen LogP contribution is 2.36. The van der Waals surface area contributed by atoms with Crippen molar-refractivity contribution in [1.82, 2.24) is 20.0 Å². The third-order valence-electron chi connectivity index (χ3n) is 8.79. The first-order valence-corrected chi connectivity index (χ1v) is 16.4. The molecule has 3 aliphatic rings. The normalized spacial score (nSPS) is 21.5. The smallest absolute Gasteiger partial charge is 0.475 e. The predicted octanol–water partition coefficient (Wildman–Crippen LogP) is 5.39. The molecule has 2 aromatic carbocycles. The van der Waals surface area contributed by atoms with Gasteiger partial charge in [0.25, 0.3) is 0 Å². The van der Waals surface area contributed by atoms with Crippen LogP contribution in [0.5, 0.6) is 0 Å². The number of carboxylic acids is 1. The minimum atomic E-state index is -5.08. The molecule has 2 saturated heterocycles. The van der Waals surface area contributed by atoms with Gasteiger partial charge < -0.3 is 10.8 Å². The topological polar surface area (TPSA) is 134 Å². The van der Waals surface area contributed by atoms with E-state index in [9.17, 15) is 22.8 Å². The summed E-state index contributed by atoms with van der Waals surface area (Å²) in [6, 6.07) is 15.6. The highest BCUT2D eigenvalue weighted by Gasteiger charge is 2.38. The Hall–Kier alpha value is -3.62. The Bertz CT molecular complexity index is 1560. The number of thioether (sulfide) groups is 1. The van der Waals surface area contributed by atoms with Crippen LogP contribution >= 0.6 is 11.8 Å². The van der Waals surface area contributed by atoms with Gasteiger partial charge in [-0.25, -0.2) is 9.59 Å². The lowest BCUT2D eigenvalue weighted by Gasteiger charge is -2.32. The van der Waals surface area contributed by atoms with Gasteiger partial charge in [0, 0.05) is 48.1 Å². The second kappa shape index (κ2) is 14.4. The van der Waals surface area contributed by atoms with Crippen molar-refractivity contribution in [2.75, 3.05) is 24.5 Å². The van der Waals surface area contributed by atoms with Crippen LogP contribution in [0.2, 0.25) is 0 Å². The average Bonchev–Trinajstić information content (AvgIpc) is 3.34. The molecule has 0 bridgehead atoms. The van der Waals surface area contributed by atoms with Crippen molar-refractivity contribution in [2.45, 2.75) is 79.8 Å². The van der Waals surface area contributed by atoms with Gasteiger partial charge >= 0.3 is 18.2 Å². The Morgan fingerprint density at radius 1 is 1.04 bits per heavy atom. The van der Waals surface area contributed by atoms with Crippen LogP contribution in [0.15, 0.2) is 47.4 Å². The van der Waals surface area contributed by atoms with Crippen LogP contribution in [0.25, 0.3) is 10.9 Å². The van der Waals surface area contributed by atoms with Crippen LogP contribution in [-0.4, -0.2) is 74.8 Å². The average molecular weight is 661 g/mol. The quantitative estimate of drug-likeness (QED) is 0.321. The molecule has 1 aromatic heterocycles. The third-order valence-corrected chi connectivity index (χ3v) is 10.1. The molecule has 0 unspecified atom stereocenters. The number of imide groups is 1. The standard InChI is InChI=1S/C30H38N6O2S.C2HF3O2/c1-34-27-18-22(5-10-26(27)29(33-34)36-16-13-28(37)32-30(36)38)21-11-14-35(15-12-21)19-20-3-2-4-25(17-20)39-24-8-6-23(31)7-9-24;3-2(4,5)1(6)7/h2-5,10,17-18,21,23-24H,6-9,11-16,19,31H2,1H3,(H,32,37,38);(H,6,7). The summed E-state index contributed by atoms with van der Waals surface area (Å²) in [7, 11) is 1.92. The largest absolute Gasteiger partial charge is 0.490 e. The second-order valence-electron chi connectivity index (χ2n) is 12.1. The van der Waals surface area contributed by atoms with Gasteiger partial charge in [-0.2, -0.15) is 18.3 Å². The fraction of sp³-hybridized carbons (Fsp3) is 0.500. The van der Waals surface area contributed by atoms with Gasteiger partial charge in [0.1, 0.15) is 0 Å². The van der Waals surface area contributed by atoms with Crippen LogP contribution in [0.3, 0.4) is 0 Å². The molecule has 3 amide bonds. The first kappa shape index (κ1) is 33.7. The Labute approximate surface area is 269 Å². The molecule has 2 aliphatic heterocycles. The van der Waals surface area contributed by atoms with Crippen molar-refractivity contribution in [3.05, 3.63) is 53.6 Å². The summed E-state index contributed by atoms with van der Waals surface area (Å²) in [5.74, 6) is -1.86. The summed E-state index contributed by atoms with van der Waals surface area (Å²) < 4.78 is 33.6. The van der Waals surface area contributed by atoms with E-state index in [1.165, 1.54) is 28.9 Å². The van der Waals surface area contributed by atoms with Crippen LogP contribution in [0.4, 0.5) is 23.8 Å². The van der Waals surface area contributed by atoms with E-state index in [4.69, 9.17) is 15.6 Å². The highest BCUT2D eigenvalue weighted by atomic mass is 32.2. The molecular weight excluding hydrogens is 621 g/mol. The van der Waals surface area contributed by atoms with E-state index < -0.39 is 18.2 Å².